The largest absolute Gasteiger partial charge is 0.493 e. The lowest BCUT2D eigenvalue weighted by atomic mass is 10.1. The molecule has 0 unspecified atom stereocenters. The molecule has 3 rings (SSSR count). The number of benzene rings is 3. The van der Waals surface area contributed by atoms with Crippen LogP contribution in [0, 0.1) is 0 Å². The van der Waals surface area contributed by atoms with Crippen LogP contribution >= 0.6 is 12.2 Å². The van der Waals surface area contributed by atoms with Crippen LogP contribution in [0.3, 0.4) is 0 Å². The molecular weight excluding hydrogens is 434 g/mol. The number of nitrogens with one attached hydrogen (secondary N) is 3. The van der Waals surface area contributed by atoms with Gasteiger partial charge < -0.3 is 15.4 Å². The molecule has 0 saturated carbocycles. The Morgan fingerprint density at radius 2 is 1.64 bits per heavy atom. The topological polar surface area (TPSA) is 79.5 Å². The molecule has 2 amide bonds. The van der Waals surface area contributed by atoms with E-state index >= 15 is 0 Å². The van der Waals surface area contributed by atoms with E-state index in [1.54, 1.807) is 42.5 Å². The number of carbonyl (C=O) groups excluding carboxylic acids is 2. The first-order valence-corrected chi connectivity index (χ1v) is 11.1. The molecule has 0 aliphatic heterocycles. The van der Waals surface area contributed by atoms with Crippen LogP contribution in [0.25, 0.3) is 0 Å². The summed E-state index contributed by atoms with van der Waals surface area (Å²) in [7, 11) is 0. The maximum Gasteiger partial charge on any atom is 0.257 e. The smallest absolute Gasteiger partial charge is 0.257 e. The van der Waals surface area contributed by atoms with Crippen molar-refractivity contribution in [3.05, 3.63) is 95.6 Å². The van der Waals surface area contributed by atoms with Gasteiger partial charge in [-0.2, -0.15) is 0 Å². The normalized spacial score (nSPS) is 10.4. The molecule has 6 nitrogen and oxygen atoms in total. The summed E-state index contributed by atoms with van der Waals surface area (Å²) in [4.78, 5) is 25.1. The number of anilines is 1. The molecule has 33 heavy (non-hydrogen) atoms. The van der Waals surface area contributed by atoms with E-state index in [1.807, 2.05) is 50.2 Å². The van der Waals surface area contributed by atoms with Crippen LogP contribution in [0.2, 0.25) is 0 Å². The lowest BCUT2D eigenvalue weighted by Crippen LogP contribution is -2.35. The van der Waals surface area contributed by atoms with E-state index in [9.17, 15) is 9.59 Å². The Bertz CT molecular complexity index is 1120. The molecule has 3 aromatic rings. The van der Waals surface area contributed by atoms with Gasteiger partial charge in [0.25, 0.3) is 11.8 Å². The lowest BCUT2D eigenvalue weighted by Gasteiger charge is -2.15. The lowest BCUT2D eigenvalue weighted by molar-refractivity contribution is 0.0942. The molecule has 0 aliphatic carbocycles. The van der Waals surface area contributed by atoms with E-state index in [2.05, 4.69) is 16.0 Å². The monoisotopic (exact) mass is 461 g/mol. The maximum absolute atomic E-state index is 12.7. The van der Waals surface area contributed by atoms with E-state index in [-0.39, 0.29) is 23.0 Å². The third-order valence-corrected chi connectivity index (χ3v) is 4.87. The average Bonchev–Trinajstić information content (AvgIpc) is 2.80. The van der Waals surface area contributed by atoms with Crippen LogP contribution in [-0.4, -0.2) is 29.6 Å². The highest BCUT2D eigenvalue weighted by Gasteiger charge is 2.14. The fraction of sp³-hybridized carbons (Fsp3) is 0.192. The molecule has 0 spiro atoms. The van der Waals surface area contributed by atoms with Crippen molar-refractivity contribution in [2.24, 2.45) is 0 Å². The highest BCUT2D eigenvalue weighted by Crippen LogP contribution is 2.16. The highest BCUT2D eigenvalue weighted by molar-refractivity contribution is 7.80. The Morgan fingerprint density at radius 1 is 0.909 bits per heavy atom. The molecule has 0 saturated heterocycles. The summed E-state index contributed by atoms with van der Waals surface area (Å²) in [6.45, 7) is 4.28. The van der Waals surface area contributed by atoms with Gasteiger partial charge >= 0.3 is 0 Å². The average molecular weight is 462 g/mol. The Hall–Kier alpha value is -3.71. The van der Waals surface area contributed by atoms with Gasteiger partial charge in [0.05, 0.1) is 17.9 Å². The van der Waals surface area contributed by atoms with Crippen LogP contribution in [0.4, 0.5) is 5.69 Å². The molecule has 0 atom stereocenters. The minimum atomic E-state index is -0.370. The first-order chi connectivity index (χ1) is 15.9. The predicted octanol–water partition coefficient (Wildman–Crippen LogP) is 4.57. The number of ether oxygens (including phenoxy) is 1. The van der Waals surface area contributed by atoms with Crippen molar-refractivity contribution in [3.63, 3.8) is 0 Å². The van der Waals surface area contributed by atoms with Crippen molar-refractivity contribution in [2.45, 2.75) is 26.3 Å². The van der Waals surface area contributed by atoms with E-state index in [4.69, 9.17) is 17.0 Å². The summed E-state index contributed by atoms with van der Waals surface area (Å²) < 4.78 is 5.80. The van der Waals surface area contributed by atoms with E-state index in [0.717, 1.165) is 6.42 Å². The number of thiocarbonyl (C=S) groups is 1. The molecule has 0 aliphatic rings. The van der Waals surface area contributed by atoms with Gasteiger partial charge in [-0.25, -0.2) is 0 Å². The van der Waals surface area contributed by atoms with Crippen molar-refractivity contribution in [3.8, 4) is 5.75 Å². The van der Waals surface area contributed by atoms with Gasteiger partial charge in [-0.1, -0.05) is 48.5 Å². The van der Waals surface area contributed by atoms with Crippen molar-refractivity contribution in [1.82, 2.24) is 10.6 Å². The number of amides is 2. The third-order valence-electron chi connectivity index (χ3n) is 4.67. The van der Waals surface area contributed by atoms with Gasteiger partial charge in [-0.3, -0.25) is 14.9 Å². The summed E-state index contributed by atoms with van der Waals surface area (Å²) >= 11 is 5.30. The Morgan fingerprint density at radius 3 is 2.39 bits per heavy atom. The molecule has 0 heterocycles. The zero-order chi connectivity index (χ0) is 23.6. The summed E-state index contributed by atoms with van der Waals surface area (Å²) in [5, 5.41) is 8.54. The van der Waals surface area contributed by atoms with Crippen LogP contribution in [0.15, 0.2) is 78.9 Å². The standard InChI is InChI=1S/C26H27N3O3S/c1-18(2)27-25(31)22-13-6-7-14-23(22)28-26(33)29-24(30)20-11-8-12-21(17-20)32-16-15-19-9-4-3-5-10-19/h3-14,17-18H,15-16H2,1-2H3,(H,27,31)(H2,28,29,30,33). The number of carbonyl (C=O) groups is 2. The molecule has 0 fully saturated rings. The fourth-order valence-corrected chi connectivity index (χ4v) is 3.32. The van der Waals surface area contributed by atoms with E-state index in [1.165, 1.54) is 5.56 Å². The molecule has 0 radical (unpaired) electrons. The van der Waals surface area contributed by atoms with Crippen molar-refractivity contribution >= 4 is 34.8 Å². The Labute approximate surface area is 199 Å². The summed E-state index contributed by atoms with van der Waals surface area (Å²) in [5.41, 5.74) is 2.56. The SMILES string of the molecule is CC(C)NC(=O)c1ccccc1NC(=S)NC(=O)c1cccc(OCCc2ccccc2)c1. The van der Waals surface area contributed by atoms with Gasteiger partial charge in [-0.15, -0.1) is 0 Å². The number of rotatable bonds is 8. The molecule has 0 aromatic heterocycles. The summed E-state index contributed by atoms with van der Waals surface area (Å²) in [6.07, 6.45) is 0.773. The third kappa shape index (κ3) is 7.43. The van der Waals surface area contributed by atoms with Crippen molar-refractivity contribution in [2.75, 3.05) is 11.9 Å². The number of hydrogen-bond donors (Lipinski definition) is 3. The second kappa shape index (κ2) is 11.8. The fourth-order valence-electron chi connectivity index (χ4n) is 3.12. The molecule has 7 heteroatoms. The van der Waals surface area contributed by atoms with Crippen LogP contribution < -0.4 is 20.7 Å². The zero-order valence-corrected chi connectivity index (χ0v) is 19.4. The van der Waals surface area contributed by atoms with Crippen LogP contribution in [0.1, 0.15) is 40.1 Å². The molecule has 170 valence electrons. The van der Waals surface area contributed by atoms with Gasteiger partial charge in [0.2, 0.25) is 0 Å². The summed E-state index contributed by atoms with van der Waals surface area (Å²) in [5.74, 6) is 0.0147. The second-order valence-electron chi connectivity index (χ2n) is 7.69. The second-order valence-corrected chi connectivity index (χ2v) is 8.10. The van der Waals surface area contributed by atoms with Gasteiger partial charge in [-0.05, 0) is 62.0 Å². The minimum absolute atomic E-state index is 0.000557. The molecule has 3 aromatic carbocycles. The van der Waals surface area contributed by atoms with Crippen molar-refractivity contribution in [1.29, 1.82) is 0 Å². The molecule has 0 bridgehead atoms. The van der Waals surface area contributed by atoms with Gasteiger partial charge in [0.1, 0.15) is 5.75 Å². The van der Waals surface area contributed by atoms with Crippen LogP contribution in [-0.2, 0) is 6.42 Å². The Balaban J connectivity index is 1.57. The first kappa shape index (κ1) is 23.9. The van der Waals surface area contributed by atoms with Gasteiger partial charge in [0, 0.05) is 18.0 Å². The highest BCUT2D eigenvalue weighted by atomic mass is 32.1. The molecule has 3 N–H and O–H groups in total. The zero-order valence-electron chi connectivity index (χ0n) is 18.6. The molecular formula is C26H27N3O3S. The Kier molecular flexibility index (Phi) is 8.55. The maximum atomic E-state index is 12.7. The van der Waals surface area contributed by atoms with Gasteiger partial charge in [0.15, 0.2) is 5.11 Å². The minimum Gasteiger partial charge on any atom is -0.493 e. The number of para-hydroxylation sites is 1. The van der Waals surface area contributed by atoms with Crippen molar-refractivity contribution < 1.29 is 14.3 Å². The predicted molar refractivity (Wildman–Crippen MR) is 135 cm³/mol. The van der Waals surface area contributed by atoms with E-state index in [0.29, 0.717) is 29.2 Å². The first-order valence-electron chi connectivity index (χ1n) is 10.7. The quantitative estimate of drug-likeness (QED) is 0.428. The van der Waals surface area contributed by atoms with Crippen LogP contribution in [0.5, 0.6) is 5.75 Å². The number of hydrogen-bond acceptors (Lipinski definition) is 4. The summed E-state index contributed by atoms with van der Waals surface area (Å²) in [6, 6.07) is 24.0. The van der Waals surface area contributed by atoms with E-state index < -0.39 is 0 Å².